The molecular weight excluding hydrogens is 350 g/mol. The minimum absolute atomic E-state index is 0.0783. The minimum atomic E-state index is -0.543. The van der Waals surface area contributed by atoms with E-state index in [9.17, 15) is 14.9 Å². The van der Waals surface area contributed by atoms with Gasteiger partial charge in [0.2, 0.25) is 11.7 Å². The van der Waals surface area contributed by atoms with Crippen LogP contribution >= 0.6 is 0 Å². The Labute approximate surface area is 157 Å². The van der Waals surface area contributed by atoms with Gasteiger partial charge in [0, 0.05) is 11.6 Å². The van der Waals surface area contributed by atoms with Crippen molar-refractivity contribution in [2.75, 3.05) is 13.7 Å². The van der Waals surface area contributed by atoms with Crippen LogP contribution in [0.3, 0.4) is 0 Å². The number of nitro benzene ring substituents is 1. The number of benzene rings is 2. The van der Waals surface area contributed by atoms with Crippen molar-refractivity contribution in [2.45, 2.75) is 19.8 Å². The summed E-state index contributed by atoms with van der Waals surface area (Å²) in [6, 6.07) is 12.1. The molecule has 2 aromatic carbocycles. The van der Waals surface area contributed by atoms with Crippen LogP contribution < -0.4 is 14.9 Å². The number of methoxy groups -OCH3 is 1. The number of rotatable bonds is 9. The van der Waals surface area contributed by atoms with Crippen LogP contribution in [-0.2, 0) is 11.2 Å². The highest BCUT2D eigenvalue weighted by molar-refractivity contribution is 5.85. The standard InChI is InChI=1S/C19H21N3O5/c1-3-9-27-19-16(22(24)25)10-15(11-17(19)26-2)13-20-21-18(23)12-14-7-5-4-6-8-14/h4-8,10-11,13H,3,9,12H2,1-2H3,(H,21,23)/b20-13-. The number of carbonyl (C=O) groups is 1. The highest BCUT2D eigenvalue weighted by Crippen LogP contribution is 2.38. The fourth-order valence-corrected chi connectivity index (χ4v) is 2.32. The topological polar surface area (TPSA) is 103 Å². The molecule has 27 heavy (non-hydrogen) atoms. The van der Waals surface area contributed by atoms with Crippen molar-refractivity contribution in [3.05, 3.63) is 63.7 Å². The molecule has 0 aliphatic rings. The molecule has 0 atom stereocenters. The highest BCUT2D eigenvalue weighted by Gasteiger charge is 2.21. The number of nitro groups is 1. The molecule has 0 bridgehead atoms. The summed E-state index contributed by atoms with van der Waals surface area (Å²) in [7, 11) is 1.40. The molecule has 0 spiro atoms. The van der Waals surface area contributed by atoms with Crippen LogP contribution in [0, 0.1) is 10.1 Å². The molecule has 0 heterocycles. The third-order valence-corrected chi connectivity index (χ3v) is 3.54. The van der Waals surface area contributed by atoms with Crippen LogP contribution in [0.1, 0.15) is 24.5 Å². The third kappa shape index (κ3) is 5.81. The van der Waals surface area contributed by atoms with Crippen LogP contribution in [0.2, 0.25) is 0 Å². The Kier molecular flexibility index (Phi) is 7.30. The zero-order chi connectivity index (χ0) is 19.6. The van der Waals surface area contributed by atoms with Crippen LogP contribution in [-0.4, -0.2) is 30.8 Å². The second kappa shape index (κ2) is 9.91. The highest BCUT2D eigenvalue weighted by atomic mass is 16.6. The Hall–Kier alpha value is -3.42. The van der Waals surface area contributed by atoms with E-state index >= 15 is 0 Å². The molecule has 0 aromatic heterocycles. The van der Waals surface area contributed by atoms with Crippen molar-refractivity contribution < 1.29 is 19.2 Å². The normalized spacial score (nSPS) is 10.6. The zero-order valence-electron chi connectivity index (χ0n) is 15.2. The molecule has 8 nitrogen and oxygen atoms in total. The number of nitrogens with zero attached hydrogens (tertiary/aromatic N) is 2. The van der Waals surface area contributed by atoms with Crippen molar-refractivity contribution in [2.24, 2.45) is 5.10 Å². The maximum Gasteiger partial charge on any atom is 0.315 e. The summed E-state index contributed by atoms with van der Waals surface area (Å²) in [5, 5.41) is 15.2. The van der Waals surface area contributed by atoms with Gasteiger partial charge in [0.1, 0.15) is 0 Å². The summed E-state index contributed by atoms with van der Waals surface area (Å²) < 4.78 is 10.7. The molecular formula is C19H21N3O5. The number of ether oxygens (including phenoxy) is 2. The van der Waals surface area contributed by atoms with E-state index in [-0.39, 0.29) is 29.5 Å². The summed E-state index contributed by atoms with van der Waals surface area (Å²) in [4.78, 5) is 22.7. The SMILES string of the molecule is CCCOc1c(OC)cc(/C=N\NC(=O)Cc2ccccc2)cc1[N+](=O)[O-]. The number of hydrogen-bond acceptors (Lipinski definition) is 6. The van der Waals surface area contributed by atoms with Gasteiger partial charge >= 0.3 is 5.69 Å². The first-order valence-electron chi connectivity index (χ1n) is 8.40. The van der Waals surface area contributed by atoms with E-state index in [1.807, 2.05) is 37.3 Å². The molecule has 1 amide bonds. The number of carbonyl (C=O) groups excluding carboxylic acids is 1. The maximum atomic E-state index is 11.9. The monoisotopic (exact) mass is 371 g/mol. The summed E-state index contributed by atoms with van der Waals surface area (Å²) in [6.45, 7) is 2.23. The second-order valence-electron chi connectivity index (χ2n) is 5.63. The molecule has 1 N–H and O–H groups in total. The van der Waals surface area contributed by atoms with Crippen LogP contribution in [0.4, 0.5) is 5.69 Å². The van der Waals surface area contributed by atoms with Crippen molar-refractivity contribution in [3.8, 4) is 11.5 Å². The van der Waals surface area contributed by atoms with Crippen molar-refractivity contribution in [3.63, 3.8) is 0 Å². The van der Waals surface area contributed by atoms with Gasteiger partial charge in [-0.15, -0.1) is 0 Å². The quantitative estimate of drug-likeness (QED) is 0.414. The molecule has 0 saturated heterocycles. The fourth-order valence-electron chi connectivity index (χ4n) is 2.32. The van der Waals surface area contributed by atoms with E-state index in [1.54, 1.807) is 6.07 Å². The third-order valence-electron chi connectivity index (χ3n) is 3.54. The summed E-state index contributed by atoms with van der Waals surface area (Å²) in [5.74, 6) is 0.0196. The van der Waals surface area contributed by atoms with Crippen LogP contribution in [0.15, 0.2) is 47.6 Å². The van der Waals surface area contributed by atoms with Gasteiger partial charge in [-0.1, -0.05) is 37.3 Å². The molecule has 0 radical (unpaired) electrons. The Morgan fingerprint density at radius 2 is 2.04 bits per heavy atom. The zero-order valence-corrected chi connectivity index (χ0v) is 15.2. The average molecular weight is 371 g/mol. The molecule has 0 aliphatic heterocycles. The van der Waals surface area contributed by atoms with E-state index in [2.05, 4.69) is 10.5 Å². The largest absolute Gasteiger partial charge is 0.493 e. The molecule has 0 fully saturated rings. The van der Waals surface area contributed by atoms with E-state index in [4.69, 9.17) is 9.47 Å². The summed E-state index contributed by atoms with van der Waals surface area (Å²) in [5.41, 5.74) is 3.45. The molecule has 2 rings (SSSR count). The van der Waals surface area contributed by atoms with Gasteiger partial charge in [-0.05, 0) is 18.1 Å². The summed E-state index contributed by atoms with van der Waals surface area (Å²) in [6.07, 6.45) is 2.21. The first-order chi connectivity index (χ1) is 13.0. The lowest BCUT2D eigenvalue weighted by Gasteiger charge is -2.11. The molecule has 8 heteroatoms. The van der Waals surface area contributed by atoms with Crippen molar-refractivity contribution in [1.82, 2.24) is 5.43 Å². The van der Waals surface area contributed by atoms with Gasteiger partial charge in [-0.3, -0.25) is 14.9 Å². The Morgan fingerprint density at radius 1 is 1.30 bits per heavy atom. The van der Waals surface area contributed by atoms with Gasteiger partial charge < -0.3 is 9.47 Å². The van der Waals surface area contributed by atoms with Gasteiger partial charge in [-0.2, -0.15) is 5.10 Å². The smallest absolute Gasteiger partial charge is 0.315 e. The Balaban J connectivity index is 2.13. The van der Waals surface area contributed by atoms with E-state index in [1.165, 1.54) is 19.4 Å². The lowest BCUT2D eigenvalue weighted by Crippen LogP contribution is -2.19. The lowest BCUT2D eigenvalue weighted by atomic mass is 10.1. The molecule has 0 unspecified atom stereocenters. The second-order valence-corrected chi connectivity index (χ2v) is 5.63. The Morgan fingerprint density at radius 3 is 2.67 bits per heavy atom. The van der Waals surface area contributed by atoms with Gasteiger partial charge in [0.25, 0.3) is 0 Å². The van der Waals surface area contributed by atoms with Crippen LogP contribution in [0.25, 0.3) is 0 Å². The number of nitrogens with one attached hydrogen (secondary N) is 1. The average Bonchev–Trinajstić information content (AvgIpc) is 2.66. The Bertz CT molecular complexity index is 822. The number of hydrogen-bond donors (Lipinski definition) is 1. The van der Waals surface area contributed by atoms with Gasteiger partial charge in [-0.25, -0.2) is 5.43 Å². The first-order valence-corrected chi connectivity index (χ1v) is 8.40. The number of hydrazone groups is 1. The van der Waals surface area contributed by atoms with E-state index in [0.29, 0.717) is 18.6 Å². The van der Waals surface area contributed by atoms with Crippen molar-refractivity contribution in [1.29, 1.82) is 0 Å². The molecule has 0 aliphatic carbocycles. The van der Waals surface area contributed by atoms with Crippen molar-refractivity contribution >= 4 is 17.8 Å². The van der Waals surface area contributed by atoms with E-state index in [0.717, 1.165) is 5.56 Å². The predicted molar refractivity (Wildman–Crippen MR) is 101 cm³/mol. The molecule has 2 aromatic rings. The van der Waals surface area contributed by atoms with E-state index < -0.39 is 4.92 Å². The fraction of sp³-hybridized carbons (Fsp3) is 0.263. The molecule has 0 saturated carbocycles. The number of amides is 1. The first kappa shape index (κ1) is 19.9. The summed E-state index contributed by atoms with van der Waals surface area (Å²) >= 11 is 0. The minimum Gasteiger partial charge on any atom is -0.493 e. The lowest BCUT2D eigenvalue weighted by molar-refractivity contribution is -0.386. The predicted octanol–water partition coefficient (Wildman–Crippen LogP) is 3.09. The molecule has 142 valence electrons. The van der Waals surface area contributed by atoms with Gasteiger partial charge in [0.15, 0.2) is 5.75 Å². The van der Waals surface area contributed by atoms with Gasteiger partial charge in [0.05, 0.1) is 31.3 Å². The van der Waals surface area contributed by atoms with Crippen LogP contribution in [0.5, 0.6) is 11.5 Å². The maximum absolute atomic E-state index is 11.9.